The van der Waals surface area contributed by atoms with Crippen molar-refractivity contribution in [2.24, 2.45) is 17.6 Å². The molecule has 27 heavy (non-hydrogen) atoms. The molecule has 1 fully saturated rings. The number of carbonyl (C=O) groups is 4. The predicted octanol–water partition coefficient (Wildman–Crippen LogP) is 0.195. The second-order valence-corrected chi connectivity index (χ2v) is 8.03. The first-order chi connectivity index (χ1) is 12.5. The van der Waals surface area contributed by atoms with Gasteiger partial charge in [-0.3, -0.25) is 19.2 Å². The zero-order valence-corrected chi connectivity index (χ0v) is 17.2. The van der Waals surface area contributed by atoms with Crippen molar-refractivity contribution in [1.29, 1.82) is 0 Å². The van der Waals surface area contributed by atoms with Crippen LogP contribution in [0.4, 0.5) is 0 Å². The molecule has 0 radical (unpaired) electrons. The molecular formula is C19H34N4O4. The SMILES string of the molecule is CC(=O)[C@@H]1CCCN1C(=O)[C@@H](NC(=O)[C@H](C)NC(=O)[C@@H](N)C(C)C)C(C)C. The number of amides is 3. The van der Waals surface area contributed by atoms with E-state index in [9.17, 15) is 19.2 Å². The van der Waals surface area contributed by atoms with Crippen LogP contribution in [0.5, 0.6) is 0 Å². The number of Topliss-reactive ketones (excluding diaryl/α,β-unsaturated/α-hetero) is 1. The maximum Gasteiger partial charge on any atom is 0.246 e. The molecule has 8 heteroatoms. The largest absolute Gasteiger partial charge is 0.343 e. The van der Waals surface area contributed by atoms with Gasteiger partial charge in [-0.2, -0.15) is 0 Å². The smallest absolute Gasteiger partial charge is 0.246 e. The minimum absolute atomic E-state index is 0.0435. The maximum absolute atomic E-state index is 12.9. The molecule has 4 N–H and O–H groups in total. The summed E-state index contributed by atoms with van der Waals surface area (Å²) in [6.07, 6.45) is 1.42. The van der Waals surface area contributed by atoms with Crippen LogP contribution in [0.3, 0.4) is 0 Å². The lowest BCUT2D eigenvalue weighted by Crippen LogP contribution is -2.58. The molecular weight excluding hydrogens is 348 g/mol. The van der Waals surface area contributed by atoms with E-state index in [0.29, 0.717) is 13.0 Å². The van der Waals surface area contributed by atoms with Crippen LogP contribution < -0.4 is 16.4 Å². The molecule has 8 nitrogen and oxygen atoms in total. The van der Waals surface area contributed by atoms with Gasteiger partial charge in [0, 0.05) is 6.54 Å². The molecule has 0 aromatic rings. The maximum atomic E-state index is 12.9. The number of carbonyl (C=O) groups excluding carboxylic acids is 4. The van der Waals surface area contributed by atoms with Crippen LogP contribution in [0.1, 0.15) is 54.4 Å². The van der Waals surface area contributed by atoms with Crippen molar-refractivity contribution < 1.29 is 19.2 Å². The highest BCUT2D eigenvalue weighted by Crippen LogP contribution is 2.20. The van der Waals surface area contributed by atoms with Crippen LogP contribution in [-0.4, -0.2) is 59.1 Å². The highest BCUT2D eigenvalue weighted by atomic mass is 16.2. The third-order valence-corrected chi connectivity index (χ3v) is 5.01. The van der Waals surface area contributed by atoms with E-state index in [1.54, 1.807) is 11.8 Å². The molecule has 1 saturated heterocycles. The number of nitrogens with one attached hydrogen (secondary N) is 2. The highest BCUT2D eigenvalue weighted by Gasteiger charge is 2.37. The molecule has 1 heterocycles. The summed E-state index contributed by atoms with van der Waals surface area (Å²) in [4.78, 5) is 50.8. The average Bonchev–Trinajstić information content (AvgIpc) is 3.07. The molecule has 0 aromatic carbocycles. The van der Waals surface area contributed by atoms with Gasteiger partial charge in [0.2, 0.25) is 17.7 Å². The molecule has 0 saturated carbocycles. The van der Waals surface area contributed by atoms with Crippen molar-refractivity contribution in [3.05, 3.63) is 0 Å². The van der Waals surface area contributed by atoms with Crippen molar-refractivity contribution in [3.63, 3.8) is 0 Å². The molecule has 1 aliphatic heterocycles. The summed E-state index contributed by atoms with van der Waals surface area (Å²) >= 11 is 0. The summed E-state index contributed by atoms with van der Waals surface area (Å²) in [6.45, 7) is 10.9. The van der Waals surface area contributed by atoms with Gasteiger partial charge in [-0.1, -0.05) is 27.7 Å². The zero-order chi connectivity index (χ0) is 20.9. The van der Waals surface area contributed by atoms with E-state index in [1.807, 2.05) is 27.7 Å². The first kappa shape index (κ1) is 23.1. The Morgan fingerprint density at radius 2 is 1.56 bits per heavy atom. The summed E-state index contributed by atoms with van der Waals surface area (Å²) in [5, 5.41) is 5.31. The van der Waals surface area contributed by atoms with Gasteiger partial charge in [-0.05, 0) is 38.5 Å². The molecule has 0 bridgehead atoms. The van der Waals surface area contributed by atoms with Crippen LogP contribution in [0.2, 0.25) is 0 Å². The van der Waals surface area contributed by atoms with Crippen LogP contribution in [0.15, 0.2) is 0 Å². The van der Waals surface area contributed by atoms with Crippen molar-refractivity contribution in [2.75, 3.05) is 6.54 Å². The van der Waals surface area contributed by atoms with E-state index in [4.69, 9.17) is 5.73 Å². The van der Waals surface area contributed by atoms with Gasteiger partial charge in [0.1, 0.15) is 12.1 Å². The van der Waals surface area contributed by atoms with E-state index >= 15 is 0 Å². The van der Waals surface area contributed by atoms with Gasteiger partial charge >= 0.3 is 0 Å². The number of likely N-dealkylation sites (tertiary alicyclic amines) is 1. The molecule has 1 rings (SSSR count). The van der Waals surface area contributed by atoms with Crippen molar-refractivity contribution >= 4 is 23.5 Å². The molecule has 0 unspecified atom stereocenters. The predicted molar refractivity (Wildman–Crippen MR) is 103 cm³/mol. The summed E-state index contributed by atoms with van der Waals surface area (Å²) in [5.41, 5.74) is 5.80. The number of ketones is 1. The van der Waals surface area contributed by atoms with E-state index in [0.717, 1.165) is 6.42 Å². The quantitative estimate of drug-likeness (QED) is 0.553. The normalized spacial score (nSPS) is 20.3. The lowest BCUT2D eigenvalue weighted by Gasteiger charge is -2.31. The molecule has 154 valence electrons. The first-order valence-electron chi connectivity index (χ1n) is 9.64. The van der Waals surface area contributed by atoms with E-state index in [-0.39, 0.29) is 23.5 Å². The Kier molecular flexibility index (Phi) is 8.40. The summed E-state index contributed by atoms with van der Waals surface area (Å²) in [7, 11) is 0. The third-order valence-electron chi connectivity index (χ3n) is 5.01. The Hall–Kier alpha value is -1.96. The van der Waals surface area contributed by atoms with Gasteiger partial charge < -0.3 is 21.3 Å². The van der Waals surface area contributed by atoms with Gasteiger partial charge in [-0.15, -0.1) is 0 Å². The van der Waals surface area contributed by atoms with Crippen molar-refractivity contribution in [1.82, 2.24) is 15.5 Å². The minimum Gasteiger partial charge on any atom is -0.343 e. The second kappa shape index (κ2) is 9.82. The van der Waals surface area contributed by atoms with Crippen molar-refractivity contribution in [2.45, 2.75) is 78.6 Å². The Morgan fingerprint density at radius 3 is 2.04 bits per heavy atom. The van der Waals surface area contributed by atoms with Gasteiger partial charge in [0.25, 0.3) is 0 Å². The monoisotopic (exact) mass is 382 g/mol. The second-order valence-electron chi connectivity index (χ2n) is 8.03. The number of hydrogen-bond acceptors (Lipinski definition) is 5. The first-order valence-corrected chi connectivity index (χ1v) is 9.64. The molecule has 1 aliphatic rings. The summed E-state index contributed by atoms with van der Waals surface area (Å²) in [6, 6.07) is -2.70. The standard InChI is InChI=1S/C19H34N4O4/c1-10(2)15(20)18(26)21-12(5)17(25)22-16(11(3)4)19(27)23-9-7-8-14(23)13(6)24/h10-12,14-16H,7-9,20H2,1-6H3,(H,21,26)(H,22,25)/t12-,14-,15-,16-/m0/s1. The lowest BCUT2D eigenvalue weighted by molar-refractivity contribution is -0.141. The summed E-state index contributed by atoms with van der Waals surface area (Å²) in [5.74, 6) is -1.37. The Balaban J connectivity index is 2.78. The minimum atomic E-state index is -0.821. The summed E-state index contributed by atoms with van der Waals surface area (Å²) < 4.78 is 0. The zero-order valence-electron chi connectivity index (χ0n) is 17.2. The van der Waals surface area contributed by atoms with Crippen molar-refractivity contribution in [3.8, 4) is 0 Å². The Bertz CT molecular complexity index is 576. The number of rotatable bonds is 8. The van der Waals surface area contributed by atoms with Crippen LogP contribution in [-0.2, 0) is 19.2 Å². The van der Waals surface area contributed by atoms with Crippen LogP contribution in [0.25, 0.3) is 0 Å². The van der Waals surface area contributed by atoms with E-state index < -0.39 is 36.0 Å². The average molecular weight is 383 g/mol. The molecule has 0 aromatic heterocycles. The van der Waals surface area contributed by atoms with Gasteiger partial charge in [0.05, 0.1) is 12.1 Å². The Labute approximate surface area is 161 Å². The number of hydrogen-bond donors (Lipinski definition) is 3. The fraction of sp³-hybridized carbons (Fsp3) is 0.789. The van der Waals surface area contributed by atoms with Gasteiger partial charge in [-0.25, -0.2) is 0 Å². The molecule has 0 spiro atoms. The highest BCUT2D eigenvalue weighted by molar-refractivity contribution is 5.95. The lowest BCUT2D eigenvalue weighted by atomic mass is 10.0. The van der Waals surface area contributed by atoms with Gasteiger partial charge in [0.15, 0.2) is 5.78 Å². The fourth-order valence-electron chi connectivity index (χ4n) is 3.10. The molecule has 3 amide bonds. The molecule has 4 atom stereocenters. The number of nitrogens with zero attached hydrogens (tertiary/aromatic N) is 1. The van der Waals surface area contributed by atoms with Crippen LogP contribution >= 0.6 is 0 Å². The van der Waals surface area contributed by atoms with Crippen LogP contribution in [0, 0.1) is 11.8 Å². The third kappa shape index (κ3) is 6.02. The topological polar surface area (TPSA) is 122 Å². The molecule has 0 aliphatic carbocycles. The number of nitrogens with two attached hydrogens (primary N) is 1. The van der Waals surface area contributed by atoms with E-state index in [2.05, 4.69) is 10.6 Å². The van der Waals surface area contributed by atoms with E-state index in [1.165, 1.54) is 6.92 Å². The Morgan fingerprint density at radius 1 is 0.963 bits per heavy atom. The fourth-order valence-corrected chi connectivity index (χ4v) is 3.10.